The van der Waals surface area contributed by atoms with Crippen LogP contribution >= 0.6 is 11.6 Å². The van der Waals surface area contributed by atoms with Crippen LogP contribution in [0.5, 0.6) is 0 Å². The fraction of sp³-hybridized carbons (Fsp3) is 0.318. The lowest BCUT2D eigenvalue weighted by molar-refractivity contribution is 0.0747. The first-order valence-electron chi connectivity index (χ1n) is 9.62. The Bertz CT molecular complexity index is 842. The van der Waals surface area contributed by atoms with E-state index in [4.69, 9.17) is 17.3 Å². The van der Waals surface area contributed by atoms with E-state index in [-0.39, 0.29) is 5.91 Å². The van der Waals surface area contributed by atoms with Crippen LogP contribution in [-0.4, -0.2) is 37.0 Å². The molecule has 0 saturated carbocycles. The van der Waals surface area contributed by atoms with Crippen LogP contribution in [0.15, 0.2) is 54.7 Å². The van der Waals surface area contributed by atoms with Crippen molar-refractivity contribution < 1.29 is 4.79 Å². The van der Waals surface area contributed by atoms with E-state index in [0.29, 0.717) is 24.3 Å². The first kappa shape index (κ1) is 20.1. The lowest BCUT2D eigenvalue weighted by Gasteiger charge is -2.36. The third-order valence-corrected chi connectivity index (χ3v) is 5.17. The Labute approximate surface area is 171 Å². The molecule has 2 aromatic carbocycles. The van der Waals surface area contributed by atoms with Gasteiger partial charge in [0.2, 0.25) is 0 Å². The summed E-state index contributed by atoms with van der Waals surface area (Å²) in [5.74, 6) is 0.0152. The third-order valence-electron chi connectivity index (χ3n) is 4.92. The van der Waals surface area contributed by atoms with Gasteiger partial charge >= 0.3 is 0 Å². The lowest BCUT2D eigenvalue weighted by atomic mass is 10.1. The molecule has 2 aromatic rings. The predicted molar refractivity (Wildman–Crippen MR) is 118 cm³/mol. The summed E-state index contributed by atoms with van der Waals surface area (Å²) in [6.07, 6.45) is 1.91. The number of hydrogen-bond donors (Lipinski definition) is 2. The Balaban J connectivity index is 1.61. The minimum atomic E-state index is 0.0152. The number of nitrogens with one attached hydrogen (secondary N) is 1. The number of piperazine rings is 1. The van der Waals surface area contributed by atoms with E-state index >= 15 is 0 Å². The van der Waals surface area contributed by atoms with Gasteiger partial charge in [-0.15, -0.1) is 0 Å². The lowest BCUT2D eigenvalue weighted by Crippen LogP contribution is -2.48. The van der Waals surface area contributed by atoms with Gasteiger partial charge in [0, 0.05) is 48.1 Å². The molecule has 1 amide bonds. The summed E-state index contributed by atoms with van der Waals surface area (Å²) in [5.41, 5.74) is 10.2. The van der Waals surface area contributed by atoms with E-state index in [1.165, 1.54) is 0 Å². The highest BCUT2D eigenvalue weighted by Gasteiger charge is 2.22. The number of nitrogen functional groups attached to an aromatic ring is 1. The molecule has 148 valence electrons. The van der Waals surface area contributed by atoms with Crippen molar-refractivity contribution in [2.24, 2.45) is 0 Å². The van der Waals surface area contributed by atoms with Crippen LogP contribution in [0.25, 0.3) is 0 Å². The highest BCUT2D eigenvalue weighted by atomic mass is 35.5. The van der Waals surface area contributed by atoms with Crippen LogP contribution in [0.2, 0.25) is 5.02 Å². The summed E-state index contributed by atoms with van der Waals surface area (Å²) >= 11 is 5.96. The minimum absolute atomic E-state index is 0.0152. The van der Waals surface area contributed by atoms with Crippen LogP contribution in [-0.2, 0) is 0 Å². The summed E-state index contributed by atoms with van der Waals surface area (Å²) in [4.78, 5) is 17.0. The summed E-state index contributed by atoms with van der Waals surface area (Å²) in [6.45, 7) is 9.03. The molecule has 3 N–H and O–H groups in total. The molecule has 0 aliphatic carbocycles. The number of carbonyl (C=O) groups is 1. The molecule has 1 aliphatic heterocycles. The smallest absolute Gasteiger partial charge is 0.254 e. The van der Waals surface area contributed by atoms with Crippen LogP contribution in [0.1, 0.15) is 30.1 Å². The van der Waals surface area contributed by atoms with E-state index in [9.17, 15) is 4.79 Å². The number of carbonyl (C=O) groups excluding carboxylic acids is 1. The molecule has 0 aromatic heterocycles. The predicted octanol–water partition coefficient (Wildman–Crippen LogP) is 4.61. The monoisotopic (exact) mass is 398 g/mol. The molecule has 0 bridgehead atoms. The molecule has 5 nitrogen and oxygen atoms in total. The molecule has 6 heteroatoms. The van der Waals surface area contributed by atoms with Gasteiger partial charge in [-0.2, -0.15) is 0 Å². The normalized spacial score (nSPS) is 14.1. The van der Waals surface area contributed by atoms with Gasteiger partial charge < -0.3 is 20.9 Å². The number of nitrogens with two attached hydrogens (primary N) is 1. The largest absolute Gasteiger partial charge is 0.397 e. The fourth-order valence-electron chi connectivity index (χ4n) is 3.37. The Morgan fingerprint density at radius 3 is 2.43 bits per heavy atom. The Hall–Kier alpha value is -2.66. The minimum Gasteiger partial charge on any atom is -0.397 e. The van der Waals surface area contributed by atoms with E-state index < -0.39 is 0 Å². The molecule has 1 fully saturated rings. The van der Waals surface area contributed by atoms with Gasteiger partial charge in [-0.25, -0.2) is 0 Å². The Morgan fingerprint density at radius 1 is 1.14 bits per heavy atom. The van der Waals surface area contributed by atoms with Crippen LogP contribution in [0.4, 0.5) is 17.1 Å². The third kappa shape index (κ3) is 4.78. The van der Waals surface area contributed by atoms with Crippen molar-refractivity contribution in [3.05, 3.63) is 65.3 Å². The first-order chi connectivity index (χ1) is 13.5. The molecule has 28 heavy (non-hydrogen) atoms. The van der Waals surface area contributed by atoms with Crippen LogP contribution < -0.4 is 16.0 Å². The highest BCUT2D eigenvalue weighted by Crippen LogP contribution is 2.24. The second-order valence-corrected chi connectivity index (χ2v) is 7.47. The van der Waals surface area contributed by atoms with Crippen molar-refractivity contribution in [2.75, 3.05) is 42.1 Å². The number of halogens is 1. The molecular formula is C22H27ClN4O. The zero-order valence-corrected chi connectivity index (χ0v) is 17.0. The number of allylic oxidation sites excluding steroid dienone is 1. The second-order valence-electron chi connectivity index (χ2n) is 7.04. The number of anilines is 3. The summed E-state index contributed by atoms with van der Waals surface area (Å²) in [6, 6.07) is 13.2. The maximum atomic E-state index is 12.9. The van der Waals surface area contributed by atoms with E-state index in [1.54, 1.807) is 6.07 Å². The summed E-state index contributed by atoms with van der Waals surface area (Å²) < 4.78 is 0. The van der Waals surface area contributed by atoms with Gasteiger partial charge in [0.05, 0.1) is 11.4 Å². The SMILES string of the molecule is C=C(CCC)Nc1ccc(C(=O)N2CCN(c3ccc(Cl)cc3)CC2)cc1N. The zero-order chi connectivity index (χ0) is 20.1. The van der Waals surface area contributed by atoms with Gasteiger partial charge in [-0.1, -0.05) is 31.5 Å². The fourth-order valence-corrected chi connectivity index (χ4v) is 3.49. The Kier molecular flexibility index (Phi) is 6.47. The van der Waals surface area contributed by atoms with E-state index in [1.807, 2.05) is 41.3 Å². The average Bonchev–Trinajstić information content (AvgIpc) is 2.70. The molecule has 1 saturated heterocycles. The van der Waals surface area contributed by atoms with Gasteiger partial charge in [-0.3, -0.25) is 4.79 Å². The van der Waals surface area contributed by atoms with Crippen molar-refractivity contribution in [2.45, 2.75) is 19.8 Å². The van der Waals surface area contributed by atoms with Crippen molar-refractivity contribution in [3.8, 4) is 0 Å². The number of amides is 1. The first-order valence-corrected chi connectivity index (χ1v) is 10.00. The molecule has 0 unspecified atom stereocenters. The summed E-state index contributed by atoms with van der Waals surface area (Å²) in [7, 11) is 0. The van der Waals surface area contributed by atoms with Gasteiger partial charge in [0.15, 0.2) is 0 Å². The Morgan fingerprint density at radius 2 is 1.82 bits per heavy atom. The van der Waals surface area contributed by atoms with Crippen molar-refractivity contribution in [1.82, 2.24) is 4.90 Å². The maximum Gasteiger partial charge on any atom is 0.254 e. The number of benzene rings is 2. The van der Waals surface area contributed by atoms with Gasteiger partial charge in [-0.05, 0) is 48.9 Å². The molecule has 1 heterocycles. The average molecular weight is 399 g/mol. The maximum absolute atomic E-state index is 12.9. The molecule has 0 spiro atoms. The standard InChI is InChI=1S/C22H27ClN4O/c1-3-4-16(2)25-21-10-5-17(15-20(21)24)22(28)27-13-11-26(12-14-27)19-8-6-18(23)7-9-19/h5-10,15,25H,2-4,11-14,24H2,1H3. The van der Waals surface area contributed by atoms with E-state index in [0.717, 1.165) is 48.0 Å². The van der Waals surface area contributed by atoms with Crippen molar-refractivity contribution in [3.63, 3.8) is 0 Å². The number of rotatable bonds is 6. The van der Waals surface area contributed by atoms with Gasteiger partial charge in [0.1, 0.15) is 0 Å². The zero-order valence-electron chi connectivity index (χ0n) is 16.2. The molecule has 0 radical (unpaired) electrons. The van der Waals surface area contributed by atoms with Crippen molar-refractivity contribution >= 4 is 34.6 Å². The molecule has 0 atom stereocenters. The van der Waals surface area contributed by atoms with Gasteiger partial charge in [0.25, 0.3) is 5.91 Å². The molecule has 1 aliphatic rings. The van der Waals surface area contributed by atoms with Crippen LogP contribution in [0.3, 0.4) is 0 Å². The van der Waals surface area contributed by atoms with E-state index in [2.05, 4.69) is 23.7 Å². The van der Waals surface area contributed by atoms with Crippen LogP contribution in [0, 0.1) is 0 Å². The topological polar surface area (TPSA) is 61.6 Å². The highest BCUT2D eigenvalue weighted by molar-refractivity contribution is 6.30. The number of nitrogens with zero attached hydrogens (tertiary/aromatic N) is 2. The second kappa shape index (κ2) is 9.02. The quantitative estimate of drug-likeness (QED) is 0.697. The summed E-state index contributed by atoms with van der Waals surface area (Å²) in [5, 5.41) is 3.95. The van der Waals surface area contributed by atoms with Crippen molar-refractivity contribution in [1.29, 1.82) is 0 Å². The molecule has 3 rings (SSSR count). The molecular weight excluding hydrogens is 372 g/mol. The number of hydrogen-bond acceptors (Lipinski definition) is 4.